The number of rotatable bonds is 5. The van der Waals surface area contributed by atoms with Gasteiger partial charge in [-0.05, 0) is 24.1 Å². The molecule has 1 aliphatic heterocycles. The van der Waals surface area contributed by atoms with Crippen LogP contribution in [0.4, 0.5) is 5.69 Å². The van der Waals surface area contributed by atoms with Gasteiger partial charge in [-0.15, -0.1) is 10.2 Å². The molecule has 2 aromatic carbocycles. The smallest absolute Gasteiger partial charge is 0.252 e. The summed E-state index contributed by atoms with van der Waals surface area (Å²) in [7, 11) is 0. The van der Waals surface area contributed by atoms with E-state index in [-0.39, 0.29) is 11.8 Å². The fraction of sp³-hybridized carbons (Fsp3) is 0.286. The zero-order valence-corrected chi connectivity index (χ0v) is 17.0. The second-order valence-corrected chi connectivity index (χ2v) is 7.70. The van der Waals surface area contributed by atoms with E-state index < -0.39 is 6.04 Å². The summed E-state index contributed by atoms with van der Waals surface area (Å²) in [5.41, 5.74) is 3.36. The van der Waals surface area contributed by atoms with Crippen LogP contribution < -0.4 is 4.90 Å². The number of nitrogens with one attached hydrogen (secondary N) is 1. The van der Waals surface area contributed by atoms with Gasteiger partial charge in [0.15, 0.2) is 5.82 Å². The Morgan fingerprint density at radius 1 is 1.17 bits per heavy atom. The Morgan fingerprint density at radius 3 is 2.66 bits per heavy atom. The molecule has 29 heavy (non-hydrogen) atoms. The lowest BCUT2D eigenvalue weighted by Crippen LogP contribution is -2.41. The molecule has 3 aromatic rings. The molecule has 1 atom stereocenters. The molecule has 4 rings (SSSR count). The van der Waals surface area contributed by atoms with E-state index in [1.165, 1.54) is 0 Å². The van der Waals surface area contributed by atoms with Crippen molar-refractivity contribution in [1.29, 1.82) is 0 Å². The van der Waals surface area contributed by atoms with Crippen molar-refractivity contribution in [2.45, 2.75) is 26.3 Å². The van der Waals surface area contributed by atoms with Crippen LogP contribution in [0, 0.1) is 5.92 Å². The summed E-state index contributed by atoms with van der Waals surface area (Å²) >= 11 is 6.33. The Balaban J connectivity index is 1.84. The van der Waals surface area contributed by atoms with Gasteiger partial charge in [-0.2, -0.15) is 5.21 Å². The maximum Gasteiger partial charge on any atom is 0.252 e. The van der Waals surface area contributed by atoms with Gasteiger partial charge in [0.2, 0.25) is 0 Å². The predicted octanol–water partition coefficient (Wildman–Crippen LogP) is 3.30. The molecule has 7 nitrogen and oxygen atoms in total. The number of carbonyl (C=O) groups is 1. The summed E-state index contributed by atoms with van der Waals surface area (Å²) in [5.74, 6) is 0.555. The van der Waals surface area contributed by atoms with Crippen molar-refractivity contribution in [3.63, 3.8) is 0 Å². The highest BCUT2D eigenvalue weighted by molar-refractivity contribution is 6.32. The van der Waals surface area contributed by atoms with Crippen molar-refractivity contribution in [1.82, 2.24) is 20.6 Å². The van der Waals surface area contributed by atoms with Crippen LogP contribution in [0.1, 0.15) is 30.8 Å². The molecule has 2 heterocycles. The quantitative estimate of drug-likeness (QED) is 0.701. The van der Waals surface area contributed by atoms with E-state index in [0.717, 1.165) is 22.5 Å². The van der Waals surface area contributed by atoms with Gasteiger partial charge in [0.05, 0.1) is 11.4 Å². The van der Waals surface area contributed by atoms with Crippen molar-refractivity contribution >= 4 is 28.9 Å². The van der Waals surface area contributed by atoms with Gasteiger partial charge >= 0.3 is 0 Å². The summed E-state index contributed by atoms with van der Waals surface area (Å²) in [5, 5.41) is 14.6. The molecular weight excluding hydrogens is 388 g/mol. The number of anilines is 1. The number of aromatic amines is 1. The average Bonchev–Trinajstić information content (AvgIpc) is 3.19. The number of hydrogen-bond acceptors (Lipinski definition) is 5. The molecule has 0 aliphatic carbocycles. The maximum atomic E-state index is 13.5. The molecule has 0 saturated heterocycles. The lowest BCUT2D eigenvalue weighted by atomic mass is 10.00. The molecule has 0 fully saturated rings. The summed E-state index contributed by atoms with van der Waals surface area (Å²) in [6, 6.07) is 14.9. The van der Waals surface area contributed by atoms with Crippen LogP contribution in [0.15, 0.2) is 53.5 Å². The van der Waals surface area contributed by atoms with Gasteiger partial charge in [0.1, 0.15) is 6.04 Å². The third kappa shape index (κ3) is 3.91. The normalized spacial score (nSPS) is 16.6. The minimum Gasteiger partial charge on any atom is -0.309 e. The van der Waals surface area contributed by atoms with E-state index in [0.29, 0.717) is 23.8 Å². The predicted molar refractivity (Wildman–Crippen MR) is 112 cm³/mol. The summed E-state index contributed by atoms with van der Waals surface area (Å²) in [4.78, 5) is 20.2. The van der Waals surface area contributed by atoms with Gasteiger partial charge in [0.25, 0.3) is 5.91 Å². The van der Waals surface area contributed by atoms with Gasteiger partial charge in [-0.1, -0.05) is 61.0 Å². The summed E-state index contributed by atoms with van der Waals surface area (Å²) in [6.07, 6.45) is 0.482. The van der Waals surface area contributed by atoms with E-state index >= 15 is 0 Å². The van der Waals surface area contributed by atoms with Gasteiger partial charge < -0.3 is 4.90 Å². The first-order chi connectivity index (χ1) is 14.0. The fourth-order valence-corrected chi connectivity index (χ4v) is 3.64. The van der Waals surface area contributed by atoms with E-state index in [9.17, 15) is 4.79 Å². The van der Waals surface area contributed by atoms with Crippen molar-refractivity contribution in [3.8, 4) is 0 Å². The number of amides is 1. The number of aliphatic imine (C=N–C) groups is 1. The van der Waals surface area contributed by atoms with Crippen molar-refractivity contribution in [3.05, 3.63) is 70.5 Å². The number of nitrogens with zero attached hydrogens (tertiary/aromatic N) is 5. The fourth-order valence-electron chi connectivity index (χ4n) is 3.47. The number of carbonyl (C=O) groups excluding carboxylic acids is 1. The number of aromatic nitrogens is 4. The molecule has 1 aliphatic rings. The SMILES string of the molecule is CC(C)C1N=C(c2ccccc2)c2cc(Cl)ccc2N(CCc2nn[nH]n2)C1=O. The number of benzene rings is 2. The molecule has 0 spiro atoms. The highest BCUT2D eigenvalue weighted by atomic mass is 35.5. The van der Waals surface area contributed by atoms with E-state index in [4.69, 9.17) is 16.6 Å². The zero-order chi connectivity index (χ0) is 20.4. The molecule has 0 saturated carbocycles. The number of tetrazole rings is 1. The van der Waals surface area contributed by atoms with Crippen molar-refractivity contribution < 1.29 is 4.79 Å². The highest BCUT2D eigenvalue weighted by Gasteiger charge is 2.33. The highest BCUT2D eigenvalue weighted by Crippen LogP contribution is 2.32. The largest absolute Gasteiger partial charge is 0.309 e. The molecular formula is C21H21ClN6O. The Labute approximate surface area is 173 Å². The monoisotopic (exact) mass is 408 g/mol. The van der Waals surface area contributed by atoms with Crippen LogP contribution in [-0.4, -0.2) is 44.8 Å². The lowest BCUT2D eigenvalue weighted by molar-refractivity contribution is -0.120. The second-order valence-electron chi connectivity index (χ2n) is 7.26. The third-order valence-corrected chi connectivity index (χ3v) is 5.15. The molecule has 1 amide bonds. The first-order valence-electron chi connectivity index (χ1n) is 9.51. The molecule has 0 radical (unpaired) electrons. The molecule has 1 aromatic heterocycles. The number of fused-ring (bicyclic) bond motifs is 1. The molecule has 148 valence electrons. The van der Waals surface area contributed by atoms with Crippen LogP contribution >= 0.6 is 11.6 Å². The molecule has 8 heteroatoms. The van der Waals surface area contributed by atoms with Crippen LogP contribution in [0.5, 0.6) is 0 Å². The van der Waals surface area contributed by atoms with Crippen LogP contribution in [-0.2, 0) is 11.2 Å². The first kappa shape index (κ1) is 19.3. The number of H-pyrrole nitrogens is 1. The number of halogens is 1. The standard InChI is InChI=1S/C21H21ClN6O/c1-13(2)19-21(29)28(11-10-18-24-26-27-25-18)17-9-8-15(22)12-16(17)20(23-19)14-6-4-3-5-7-14/h3-9,12-13,19H,10-11H2,1-2H3,(H,24,25,26,27). The Kier molecular flexibility index (Phi) is 5.40. The number of benzodiazepines with no additional fused rings is 1. The minimum absolute atomic E-state index is 0.0404. The number of hydrogen-bond donors (Lipinski definition) is 1. The Hall–Kier alpha value is -3.06. The van der Waals surface area contributed by atoms with Crippen molar-refractivity contribution in [2.24, 2.45) is 10.9 Å². The van der Waals surface area contributed by atoms with E-state index in [2.05, 4.69) is 20.6 Å². The van der Waals surface area contributed by atoms with Gasteiger partial charge in [0, 0.05) is 29.1 Å². The Morgan fingerprint density at radius 2 is 1.97 bits per heavy atom. The Bertz CT molecular complexity index is 1030. The van der Waals surface area contributed by atoms with Gasteiger partial charge in [-0.25, -0.2) is 0 Å². The van der Waals surface area contributed by atoms with Crippen LogP contribution in [0.3, 0.4) is 0 Å². The molecule has 1 N–H and O–H groups in total. The van der Waals surface area contributed by atoms with Gasteiger partial charge in [-0.3, -0.25) is 9.79 Å². The molecule has 0 bridgehead atoms. The third-order valence-electron chi connectivity index (χ3n) is 4.92. The van der Waals surface area contributed by atoms with Crippen LogP contribution in [0.25, 0.3) is 0 Å². The first-order valence-corrected chi connectivity index (χ1v) is 9.89. The van der Waals surface area contributed by atoms with E-state index in [1.54, 1.807) is 11.0 Å². The lowest BCUT2D eigenvalue weighted by Gasteiger charge is -2.26. The topological polar surface area (TPSA) is 87.1 Å². The average molecular weight is 409 g/mol. The second kappa shape index (κ2) is 8.13. The van der Waals surface area contributed by atoms with Crippen LogP contribution in [0.2, 0.25) is 5.02 Å². The minimum atomic E-state index is -0.498. The summed E-state index contributed by atoms with van der Waals surface area (Å²) in [6.45, 7) is 4.44. The van der Waals surface area contributed by atoms with Crippen molar-refractivity contribution in [2.75, 3.05) is 11.4 Å². The zero-order valence-electron chi connectivity index (χ0n) is 16.2. The molecule has 1 unspecified atom stereocenters. The summed E-state index contributed by atoms with van der Waals surface area (Å²) < 4.78 is 0. The van der Waals surface area contributed by atoms with E-state index in [1.807, 2.05) is 56.3 Å². The maximum absolute atomic E-state index is 13.5.